The van der Waals surface area contributed by atoms with Gasteiger partial charge in [0.2, 0.25) is 0 Å². The van der Waals surface area contributed by atoms with Crippen LogP contribution in [0.2, 0.25) is 0 Å². The van der Waals surface area contributed by atoms with Gasteiger partial charge in [0.05, 0.1) is 11.9 Å². The van der Waals surface area contributed by atoms with Crippen LogP contribution in [0, 0.1) is 11.8 Å². The van der Waals surface area contributed by atoms with Crippen molar-refractivity contribution in [3.8, 4) is 0 Å². The molecule has 4 heteroatoms. The lowest BCUT2D eigenvalue weighted by Crippen LogP contribution is -2.30. The fourth-order valence-electron chi connectivity index (χ4n) is 3.23. The molecule has 4 nitrogen and oxygen atoms in total. The van der Waals surface area contributed by atoms with Crippen molar-refractivity contribution in [1.29, 1.82) is 0 Å². The van der Waals surface area contributed by atoms with E-state index < -0.39 is 0 Å². The van der Waals surface area contributed by atoms with Gasteiger partial charge in [-0.05, 0) is 36.8 Å². The van der Waals surface area contributed by atoms with Crippen LogP contribution < -0.4 is 5.32 Å². The van der Waals surface area contributed by atoms with E-state index in [1.54, 1.807) is 6.20 Å². The molecule has 1 aromatic rings. The Morgan fingerprint density at radius 2 is 2.06 bits per heavy atom. The largest absolute Gasteiger partial charge is 0.387 e. The van der Waals surface area contributed by atoms with Crippen LogP contribution in [-0.4, -0.2) is 35.9 Å². The fraction of sp³-hybridized carbons (Fsp3) is 0.571. The molecule has 1 aliphatic carbocycles. The number of fused-ring (bicyclic) bond motifs is 1. The maximum Gasteiger partial charge on any atom is 0.272 e. The molecule has 1 saturated carbocycles. The number of nitrogens with zero attached hydrogens (tertiary/aromatic N) is 2. The summed E-state index contributed by atoms with van der Waals surface area (Å²) in [6, 6.07) is 3.71. The highest BCUT2D eigenvalue weighted by Gasteiger charge is 2.38. The second-order valence-electron chi connectivity index (χ2n) is 5.34. The van der Waals surface area contributed by atoms with Crippen molar-refractivity contribution < 1.29 is 4.79 Å². The summed E-state index contributed by atoms with van der Waals surface area (Å²) in [5.74, 6) is 1.57. The quantitative estimate of drug-likeness (QED) is 0.866. The molecule has 0 bridgehead atoms. The summed E-state index contributed by atoms with van der Waals surface area (Å²) in [5.41, 5.74) is 1.50. The van der Waals surface area contributed by atoms with Gasteiger partial charge in [0.25, 0.3) is 5.91 Å². The van der Waals surface area contributed by atoms with Gasteiger partial charge in [-0.3, -0.25) is 4.79 Å². The summed E-state index contributed by atoms with van der Waals surface area (Å²) in [5, 5.41) is 3.01. The minimum absolute atomic E-state index is 0.0899. The van der Waals surface area contributed by atoms with Gasteiger partial charge in [-0.15, -0.1) is 0 Å². The molecular formula is C14H19N3O. The normalized spacial score (nSPS) is 26.2. The molecule has 2 fully saturated rings. The fourth-order valence-corrected chi connectivity index (χ4v) is 3.23. The van der Waals surface area contributed by atoms with Crippen molar-refractivity contribution in [3.63, 3.8) is 0 Å². The van der Waals surface area contributed by atoms with Crippen LogP contribution in [0.25, 0.3) is 0 Å². The van der Waals surface area contributed by atoms with Crippen molar-refractivity contribution in [2.75, 3.05) is 25.5 Å². The number of likely N-dealkylation sites (tertiary alicyclic amines) is 1. The van der Waals surface area contributed by atoms with Crippen LogP contribution in [-0.2, 0) is 0 Å². The molecule has 18 heavy (non-hydrogen) atoms. The van der Waals surface area contributed by atoms with Gasteiger partial charge in [0.1, 0.15) is 5.69 Å². The smallest absolute Gasteiger partial charge is 0.272 e. The summed E-state index contributed by atoms with van der Waals surface area (Å²) in [6.45, 7) is 1.86. The van der Waals surface area contributed by atoms with Gasteiger partial charge < -0.3 is 10.2 Å². The first-order valence-corrected chi connectivity index (χ1v) is 6.71. The van der Waals surface area contributed by atoms with Crippen LogP contribution in [0.4, 0.5) is 5.69 Å². The van der Waals surface area contributed by atoms with E-state index in [1.807, 2.05) is 24.1 Å². The first-order valence-electron chi connectivity index (χ1n) is 6.71. The summed E-state index contributed by atoms with van der Waals surface area (Å²) in [6.07, 6.45) is 5.64. The molecule has 0 spiro atoms. The van der Waals surface area contributed by atoms with E-state index in [1.165, 1.54) is 19.3 Å². The minimum Gasteiger partial charge on any atom is -0.387 e. The zero-order valence-electron chi connectivity index (χ0n) is 10.7. The number of hydrogen-bond acceptors (Lipinski definition) is 3. The number of nitrogens with one attached hydrogen (secondary N) is 1. The van der Waals surface area contributed by atoms with E-state index in [9.17, 15) is 4.79 Å². The van der Waals surface area contributed by atoms with Gasteiger partial charge in [-0.25, -0.2) is 4.98 Å². The Balaban J connectivity index is 1.70. The average Bonchev–Trinajstić information content (AvgIpc) is 2.99. The van der Waals surface area contributed by atoms with Crippen LogP contribution >= 0.6 is 0 Å². The Labute approximate surface area is 107 Å². The molecule has 2 atom stereocenters. The molecule has 1 saturated heterocycles. The second kappa shape index (κ2) is 4.59. The Morgan fingerprint density at radius 1 is 1.33 bits per heavy atom. The van der Waals surface area contributed by atoms with Crippen molar-refractivity contribution in [3.05, 3.63) is 24.0 Å². The molecule has 0 radical (unpaired) electrons. The first kappa shape index (κ1) is 11.5. The van der Waals surface area contributed by atoms with Gasteiger partial charge in [-0.2, -0.15) is 0 Å². The van der Waals surface area contributed by atoms with Gasteiger partial charge in [0.15, 0.2) is 0 Å². The highest BCUT2D eigenvalue weighted by molar-refractivity contribution is 5.92. The SMILES string of the molecule is CNc1ccc(C(=O)N2CC3CCCC3C2)nc1. The lowest BCUT2D eigenvalue weighted by molar-refractivity contribution is 0.0775. The van der Waals surface area contributed by atoms with Crippen LogP contribution in [0.5, 0.6) is 0 Å². The maximum atomic E-state index is 12.3. The molecule has 1 aliphatic heterocycles. The third-order valence-electron chi connectivity index (χ3n) is 4.28. The number of aromatic nitrogens is 1. The lowest BCUT2D eigenvalue weighted by atomic mass is 10.0. The molecule has 2 unspecified atom stereocenters. The predicted octanol–water partition coefficient (Wildman–Crippen LogP) is 2.00. The summed E-state index contributed by atoms with van der Waals surface area (Å²) < 4.78 is 0. The number of carbonyl (C=O) groups is 1. The van der Waals surface area contributed by atoms with Gasteiger partial charge in [0, 0.05) is 20.1 Å². The van der Waals surface area contributed by atoms with Gasteiger partial charge in [-0.1, -0.05) is 6.42 Å². The Hall–Kier alpha value is -1.58. The number of amides is 1. The topological polar surface area (TPSA) is 45.2 Å². The minimum atomic E-state index is 0.0899. The third-order valence-corrected chi connectivity index (χ3v) is 4.28. The molecule has 1 aromatic heterocycles. The first-order chi connectivity index (χ1) is 8.78. The zero-order valence-corrected chi connectivity index (χ0v) is 10.7. The monoisotopic (exact) mass is 245 g/mol. The van der Waals surface area contributed by atoms with Crippen molar-refractivity contribution in [1.82, 2.24) is 9.88 Å². The molecule has 0 aromatic carbocycles. The van der Waals surface area contributed by atoms with E-state index in [2.05, 4.69) is 10.3 Å². The van der Waals surface area contributed by atoms with E-state index in [-0.39, 0.29) is 5.91 Å². The van der Waals surface area contributed by atoms with Crippen LogP contribution in [0.15, 0.2) is 18.3 Å². The average molecular weight is 245 g/mol. The maximum absolute atomic E-state index is 12.3. The number of rotatable bonds is 2. The van der Waals surface area contributed by atoms with E-state index in [0.717, 1.165) is 30.6 Å². The molecule has 2 heterocycles. The number of carbonyl (C=O) groups excluding carboxylic acids is 1. The number of pyridine rings is 1. The predicted molar refractivity (Wildman–Crippen MR) is 70.5 cm³/mol. The molecule has 96 valence electrons. The molecule has 1 N–H and O–H groups in total. The molecule has 1 amide bonds. The Kier molecular flexibility index (Phi) is 2.94. The van der Waals surface area contributed by atoms with Crippen molar-refractivity contribution in [2.45, 2.75) is 19.3 Å². The third kappa shape index (κ3) is 1.96. The van der Waals surface area contributed by atoms with E-state index >= 15 is 0 Å². The molecule has 3 rings (SSSR count). The van der Waals surface area contributed by atoms with Crippen LogP contribution in [0.1, 0.15) is 29.8 Å². The summed E-state index contributed by atoms with van der Waals surface area (Å²) in [4.78, 5) is 18.5. The van der Waals surface area contributed by atoms with E-state index in [0.29, 0.717) is 5.69 Å². The number of anilines is 1. The Bertz CT molecular complexity index is 431. The van der Waals surface area contributed by atoms with Crippen molar-refractivity contribution >= 4 is 11.6 Å². The van der Waals surface area contributed by atoms with Crippen molar-refractivity contribution in [2.24, 2.45) is 11.8 Å². The zero-order chi connectivity index (χ0) is 12.5. The molecular weight excluding hydrogens is 226 g/mol. The summed E-state index contributed by atoms with van der Waals surface area (Å²) >= 11 is 0. The number of hydrogen-bond donors (Lipinski definition) is 1. The second-order valence-corrected chi connectivity index (χ2v) is 5.34. The standard InChI is InChI=1S/C14H19N3O/c1-15-12-5-6-13(16-7-12)14(18)17-8-10-3-2-4-11(10)9-17/h5-7,10-11,15H,2-4,8-9H2,1H3. The van der Waals surface area contributed by atoms with Crippen LogP contribution in [0.3, 0.4) is 0 Å². The lowest BCUT2D eigenvalue weighted by Gasteiger charge is -2.16. The Morgan fingerprint density at radius 3 is 2.61 bits per heavy atom. The van der Waals surface area contributed by atoms with E-state index in [4.69, 9.17) is 0 Å². The highest BCUT2D eigenvalue weighted by atomic mass is 16.2. The summed E-state index contributed by atoms with van der Waals surface area (Å²) in [7, 11) is 1.85. The highest BCUT2D eigenvalue weighted by Crippen LogP contribution is 2.38. The van der Waals surface area contributed by atoms with Gasteiger partial charge >= 0.3 is 0 Å². The molecule has 2 aliphatic rings.